The van der Waals surface area contributed by atoms with Crippen LogP contribution in [-0.2, 0) is 28.5 Å². The minimum atomic E-state index is -1.81. The predicted octanol–water partition coefficient (Wildman–Crippen LogP) is -7.87. The van der Waals surface area contributed by atoms with Crippen LogP contribution in [0.1, 0.15) is 6.92 Å². The first kappa shape index (κ1) is 26.7. The lowest BCUT2D eigenvalue weighted by Gasteiger charge is -2.47. The molecule has 2 aliphatic rings. The van der Waals surface area contributed by atoms with E-state index in [1.807, 2.05) is 0 Å². The second kappa shape index (κ2) is 11.6. The number of ether oxygens (including phenoxy) is 4. The number of carboxylic acid groups (broad SMARTS) is 1. The Bertz CT molecular complexity index is 638. The third-order valence-electron chi connectivity index (χ3n) is 5.16. The first-order chi connectivity index (χ1) is 15.0. The molecule has 0 aliphatic carbocycles. The van der Waals surface area contributed by atoms with Crippen molar-refractivity contribution in [3.05, 3.63) is 0 Å². The highest BCUT2D eigenvalue weighted by molar-refractivity contribution is 5.73. The number of carbonyl (C=O) groups is 2. The molecule has 1 amide bonds. The van der Waals surface area contributed by atoms with E-state index < -0.39 is 99.1 Å². The lowest BCUT2D eigenvalue weighted by molar-refractivity contribution is -0.447. The fraction of sp³-hybridized carbons (Fsp3) is 0.882. The van der Waals surface area contributed by atoms with Crippen LogP contribution in [0.25, 0.3) is 0 Å². The van der Waals surface area contributed by atoms with Crippen molar-refractivity contribution in [2.45, 2.75) is 74.3 Å². The minimum absolute atomic E-state index is 0.510. The molecular weight excluding hydrogens is 440 g/mol. The van der Waals surface area contributed by atoms with Gasteiger partial charge in [0.15, 0.2) is 12.6 Å². The number of hydrogen-bond donors (Lipinski definition) is 8. The second-order valence-corrected chi connectivity index (χ2v) is 7.59. The topological polar surface area (TPSA) is 255 Å². The Labute approximate surface area is 182 Å². The van der Waals surface area contributed by atoms with Crippen LogP contribution in [-0.4, -0.2) is 130 Å². The molecule has 1 unspecified atom stereocenters. The van der Waals surface area contributed by atoms with Gasteiger partial charge in [0, 0.05) is 6.92 Å². The Kier molecular flexibility index (Phi) is 9.68. The number of aliphatic carboxylic acids is 1. The minimum Gasteiger partial charge on any atom is -0.544 e. The average Bonchev–Trinajstić information content (AvgIpc) is 2.74. The molecule has 2 heterocycles. The van der Waals surface area contributed by atoms with Gasteiger partial charge in [-0.05, 0) is 0 Å². The van der Waals surface area contributed by atoms with E-state index in [0.29, 0.717) is 0 Å². The summed E-state index contributed by atoms with van der Waals surface area (Å²) < 4.78 is 21.7. The molecule has 0 aromatic rings. The highest BCUT2D eigenvalue weighted by Gasteiger charge is 2.51. The summed E-state index contributed by atoms with van der Waals surface area (Å²) in [5, 5.41) is 72.9. The summed E-state index contributed by atoms with van der Waals surface area (Å²) in [5.74, 6) is -2.12. The van der Waals surface area contributed by atoms with Crippen molar-refractivity contribution in [1.29, 1.82) is 0 Å². The first-order valence-corrected chi connectivity index (χ1v) is 9.84. The van der Waals surface area contributed by atoms with Crippen LogP contribution in [0.5, 0.6) is 0 Å². The summed E-state index contributed by atoms with van der Waals surface area (Å²) >= 11 is 0. The van der Waals surface area contributed by atoms with Crippen molar-refractivity contribution in [2.75, 3.05) is 19.8 Å². The van der Waals surface area contributed by atoms with Crippen LogP contribution < -0.4 is 16.2 Å². The van der Waals surface area contributed by atoms with Crippen LogP contribution in [0.4, 0.5) is 0 Å². The number of aliphatic hydroxyl groups excluding tert-OH is 6. The summed E-state index contributed by atoms with van der Waals surface area (Å²) in [6.07, 6.45) is -14.0. The number of quaternary nitrogens is 1. The van der Waals surface area contributed by atoms with Gasteiger partial charge in [0.25, 0.3) is 0 Å². The van der Waals surface area contributed by atoms with E-state index in [2.05, 4.69) is 11.1 Å². The van der Waals surface area contributed by atoms with Crippen LogP contribution in [0, 0.1) is 0 Å². The molecule has 10 N–H and O–H groups in total. The zero-order chi connectivity index (χ0) is 24.2. The number of hydrogen-bond acceptors (Lipinski definition) is 13. The normalized spacial score (nSPS) is 41.1. The highest BCUT2D eigenvalue weighted by atomic mass is 16.7. The maximum Gasteiger partial charge on any atom is 0.217 e. The van der Waals surface area contributed by atoms with Crippen molar-refractivity contribution in [2.24, 2.45) is 0 Å². The van der Waals surface area contributed by atoms with Gasteiger partial charge >= 0.3 is 0 Å². The summed E-state index contributed by atoms with van der Waals surface area (Å²) in [6.45, 7) is -0.825. The molecule has 0 saturated carbocycles. The number of nitrogens with one attached hydrogen (secondary N) is 1. The van der Waals surface area contributed by atoms with Gasteiger partial charge in [0.1, 0.15) is 67.4 Å². The van der Waals surface area contributed by atoms with Gasteiger partial charge in [-0.15, -0.1) is 0 Å². The molecule has 186 valence electrons. The Balaban J connectivity index is 2.28. The molecule has 2 aliphatic heterocycles. The Morgan fingerprint density at radius 2 is 1.56 bits per heavy atom. The number of carboxylic acids is 1. The monoisotopic (exact) mass is 470 g/mol. The van der Waals surface area contributed by atoms with E-state index in [0.717, 1.165) is 6.92 Å². The van der Waals surface area contributed by atoms with Gasteiger partial charge in [-0.1, -0.05) is 0 Å². The molecule has 0 aromatic carbocycles. The van der Waals surface area contributed by atoms with Gasteiger partial charge in [0.05, 0.1) is 13.2 Å². The zero-order valence-electron chi connectivity index (χ0n) is 17.2. The molecule has 0 aromatic heterocycles. The summed E-state index contributed by atoms with van der Waals surface area (Å²) in [5.41, 5.74) is 3.33. The van der Waals surface area contributed by atoms with E-state index in [1.54, 1.807) is 0 Å². The second-order valence-electron chi connectivity index (χ2n) is 7.59. The molecule has 0 radical (unpaired) electrons. The molecule has 2 fully saturated rings. The van der Waals surface area contributed by atoms with Crippen molar-refractivity contribution < 1.29 is 70.0 Å². The van der Waals surface area contributed by atoms with Gasteiger partial charge in [-0.3, -0.25) is 4.79 Å². The van der Waals surface area contributed by atoms with E-state index in [-0.39, 0.29) is 0 Å². The summed E-state index contributed by atoms with van der Waals surface area (Å²) in [4.78, 5) is 22.7. The van der Waals surface area contributed by atoms with Crippen LogP contribution in [0.2, 0.25) is 0 Å². The fourth-order valence-corrected chi connectivity index (χ4v) is 3.37. The average molecular weight is 470 g/mol. The molecule has 11 atom stereocenters. The molecule has 15 heteroatoms. The maximum atomic E-state index is 11.7. The molecular formula is C17H30N2O13. The lowest BCUT2D eigenvalue weighted by Crippen LogP contribution is -2.72. The number of carbonyl (C=O) groups excluding carboxylic acids is 2. The van der Waals surface area contributed by atoms with Gasteiger partial charge in [0.2, 0.25) is 5.91 Å². The van der Waals surface area contributed by atoms with Crippen molar-refractivity contribution in [1.82, 2.24) is 5.32 Å². The number of rotatable bonds is 9. The molecule has 2 saturated heterocycles. The van der Waals surface area contributed by atoms with Gasteiger partial charge < -0.3 is 70.5 Å². The number of aliphatic hydroxyl groups is 6. The van der Waals surface area contributed by atoms with Crippen molar-refractivity contribution in [3.63, 3.8) is 0 Å². The summed E-state index contributed by atoms with van der Waals surface area (Å²) in [6, 6.07) is -2.60. The van der Waals surface area contributed by atoms with Crippen LogP contribution >= 0.6 is 0 Å². The molecule has 0 spiro atoms. The largest absolute Gasteiger partial charge is 0.544 e. The van der Waals surface area contributed by atoms with Crippen LogP contribution in [0.15, 0.2) is 0 Å². The van der Waals surface area contributed by atoms with Crippen molar-refractivity contribution >= 4 is 11.9 Å². The molecule has 2 rings (SSSR count). The fourth-order valence-electron chi connectivity index (χ4n) is 3.37. The standard InChI is InChI=1S/C17H30N2O13/c1-5(22)19-9-14(32-17-13(26)12(25)10(23)7(2-20)31-17)11(24)8(3-21)30-16(9)29-4-6(18)15(27)28/h6-14,16-17,20-21,23-26H,2-4,18H2,1H3,(H,19,22)(H,27,28)/t6-,7+,8+,9+,10-,11-,12-,13+,14+,16+,17?/m0/s1. The van der Waals surface area contributed by atoms with Gasteiger partial charge in [-0.2, -0.15) is 0 Å². The Morgan fingerprint density at radius 3 is 2.09 bits per heavy atom. The Morgan fingerprint density at radius 1 is 1.00 bits per heavy atom. The quantitative estimate of drug-likeness (QED) is 0.156. The van der Waals surface area contributed by atoms with Crippen molar-refractivity contribution in [3.8, 4) is 0 Å². The van der Waals surface area contributed by atoms with Gasteiger partial charge in [-0.25, -0.2) is 0 Å². The SMILES string of the molecule is CC(=O)N[C@H]1[C@H](OC[C@H]([NH3+])C(=O)[O-])O[C@H](CO)[C@H](O)[C@@H]1OC1O[C@H](CO)[C@H](O)[C@H](O)[C@H]1O. The third-order valence-corrected chi connectivity index (χ3v) is 5.16. The van der Waals surface area contributed by atoms with E-state index in [9.17, 15) is 45.3 Å². The first-order valence-electron chi connectivity index (χ1n) is 9.84. The predicted molar refractivity (Wildman–Crippen MR) is 95.6 cm³/mol. The smallest absolute Gasteiger partial charge is 0.217 e. The number of amides is 1. The van der Waals surface area contributed by atoms with Crippen LogP contribution in [0.3, 0.4) is 0 Å². The van der Waals surface area contributed by atoms with E-state index >= 15 is 0 Å². The van der Waals surface area contributed by atoms with E-state index in [1.165, 1.54) is 0 Å². The summed E-state index contributed by atoms with van der Waals surface area (Å²) in [7, 11) is 0. The molecule has 32 heavy (non-hydrogen) atoms. The maximum absolute atomic E-state index is 11.7. The lowest BCUT2D eigenvalue weighted by atomic mass is 9.95. The molecule has 15 nitrogen and oxygen atoms in total. The third kappa shape index (κ3) is 6.09. The molecule has 0 bridgehead atoms. The highest BCUT2D eigenvalue weighted by Crippen LogP contribution is 2.29. The van der Waals surface area contributed by atoms with E-state index in [4.69, 9.17) is 18.9 Å². The Hall–Kier alpha value is -1.50. The zero-order valence-corrected chi connectivity index (χ0v) is 17.2.